The second kappa shape index (κ2) is 7.31. The van der Waals surface area contributed by atoms with Crippen molar-refractivity contribution in [3.8, 4) is 23.8 Å². The van der Waals surface area contributed by atoms with Gasteiger partial charge in [0.15, 0.2) is 17.3 Å². The van der Waals surface area contributed by atoms with Gasteiger partial charge in [0.05, 0.1) is 27.3 Å². The molecule has 0 amide bonds. The molecule has 0 fully saturated rings. The maximum atomic E-state index is 5.27. The molecule has 21 heavy (non-hydrogen) atoms. The highest BCUT2D eigenvalue weighted by molar-refractivity contribution is 5.43. The van der Waals surface area contributed by atoms with E-state index >= 15 is 0 Å². The van der Waals surface area contributed by atoms with Crippen molar-refractivity contribution >= 4 is 0 Å². The van der Waals surface area contributed by atoms with Gasteiger partial charge < -0.3 is 14.0 Å². The van der Waals surface area contributed by atoms with Crippen molar-refractivity contribution in [2.24, 2.45) is 0 Å². The molecule has 0 radical (unpaired) electrons. The Kier molecular flexibility index (Phi) is 5.18. The first-order chi connectivity index (χ1) is 10.3. The second-order valence-electron chi connectivity index (χ2n) is 4.28. The lowest BCUT2D eigenvalue weighted by Crippen LogP contribution is -2.13. The van der Waals surface area contributed by atoms with E-state index in [-0.39, 0.29) is 0 Å². The molecule has 0 aliphatic carbocycles. The third kappa shape index (κ3) is 3.97. The Labute approximate surface area is 123 Å². The van der Waals surface area contributed by atoms with Gasteiger partial charge in [0.25, 0.3) is 0 Å². The van der Waals surface area contributed by atoms with Crippen LogP contribution in [0.3, 0.4) is 0 Å². The monoisotopic (exact) mass is 287 g/mol. The van der Waals surface area contributed by atoms with Crippen LogP contribution >= 0.6 is 0 Å². The minimum Gasteiger partial charge on any atom is -0.493 e. The molecule has 2 rings (SSSR count). The zero-order valence-electron chi connectivity index (χ0n) is 12.0. The van der Waals surface area contributed by atoms with Gasteiger partial charge in [-0.3, -0.25) is 5.32 Å². The number of methoxy groups -OCH3 is 2. The van der Waals surface area contributed by atoms with Gasteiger partial charge >= 0.3 is 0 Å². The van der Waals surface area contributed by atoms with E-state index < -0.39 is 0 Å². The SMILES string of the molecule is C#CCNCc1nc(Cc2ccc(OC)c(OC)c2)no1. The molecule has 0 atom stereocenters. The number of hydrogen-bond acceptors (Lipinski definition) is 6. The predicted molar refractivity (Wildman–Crippen MR) is 77.2 cm³/mol. The van der Waals surface area contributed by atoms with Crippen LogP contribution in [0.2, 0.25) is 0 Å². The fraction of sp³-hybridized carbons (Fsp3) is 0.333. The van der Waals surface area contributed by atoms with Crippen molar-refractivity contribution in [1.29, 1.82) is 0 Å². The minimum atomic E-state index is 0.461. The molecule has 110 valence electrons. The molecule has 1 aromatic heterocycles. The smallest absolute Gasteiger partial charge is 0.240 e. The van der Waals surface area contributed by atoms with E-state index in [0.29, 0.717) is 42.7 Å². The van der Waals surface area contributed by atoms with Crippen molar-refractivity contribution in [2.45, 2.75) is 13.0 Å². The molecule has 0 saturated carbocycles. The number of rotatable bonds is 7. The van der Waals surface area contributed by atoms with Crippen molar-refractivity contribution < 1.29 is 14.0 Å². The van der Waals surface area contributed by atoms with Crippen LogP contribution in [0.25, 0.3) is 0 Å². The van der Waals surface area contributed by atoms with Crippen LogP contribution < -0.4 is 14.8 Å². The number of aromatic nitrogens is 2. The first-order valence-electron chi connectivity index (χ1n) is 6.43. The number of ether oxygens (including phenoxy) is 2. The summed E-state index contributed by atoms with van der Waals surface area (Å²) >= 11 is 0. The highest BCUT2D eigenvalue weighted by atomic mass is 16.5. The molecule has 0 spiro atoms. The van der Waals surface area contributed by atoms with Gasteiger partial charge in [-0.15, -0.1) is 6.42 Å². The van der Waals surface area contributed by atoms with E-state index in [1.807, 2.05) is 18.2 Å². The molecule has 1 aromatic carbocycles. The third-order valence-corrected chi connectivity index (χ3v) is 2.82. The summed E-state index contributed by atoms with van der Waals surface area (Å²) in [6, 6.07) is 5.68. The Hall–Kier alpha value is -2.52. The Bertz CT molecular complexity index is 631. The molecule has 0 unspecified atom stereocenters. The summed E-state index contributed by atoms with van der Waals surface area (Å²) in [4.78, 5) is 4.29. The zero-order valence-corrected chi connectivity index (χ0v) is 12.0. The van der Waals surface area contributed by atoms with E-state index in [0.717, 1.165) is 5.56 Å². The summed E-state index contributed by atoms with van der Waals surface area (Å²) in [6.45, 7) is 0.927. The lowest BCUT2D eigenvalue weighted by atomic mass is 10.1. The largest absolute Gasteiger partial charge is 0.493 e. The van der Waals surface area contributed by atoms with Crippen molar-refractivity contribution in [3.05, 3.63) is 35.5 Å². The molecule has 6 nitrogen and oxygen atoms in total. The number of nitrogens with zero attached hydrogens (tertiary/aromatic N) is 2. The molecule has 1 heterocycles. The van der Waals surface area contributed by atoms with Crippen LogP contribution in [0.4, 0.5) is 0 Å². The maximum absolute atomic E-state index is 5.27. The number of terminal acetylenes is 1. The average Bonchev–Trinajstić information content (AvgIpc) is 2.95. The van der Waals surface area contributed by atoms with Gasteiger partial charge in [0.1, 0.15) is 0 Å². The van der Waals surface area contributed by atoms with Crippen LogP contribution in [-0.2, 0) is 13.0 Å². The van der Waals surface area contributed by atoms with Crippen molar-refractivity contribution in [3.63, 3.8) is 0 Å². The molecule has 0 saturated heterocycles. The normalized spacial score (nSPS) is 10.1. The van der Waals surface area contributed by atoms with E-state index in [1.165, 1.54) is 0 Å². The van der Waals surface area contributed by atoms with Crippen LogP contribution in [0.5, 0.6) is 11.5 Å². The van der Waals surface area contributed by atoms with Gasteiger partial charge in [-0.2, -0.15) is 4.98 Å². The second-order valence-corrected chi connectivity index (χ2v) is 4.28. The van der Waals surface area contributed by atoms with E-state index in [4.69, 9.17) is 20.4 Å². The predicted octanol–water partition coefficient (Wildman–Crippen LogP) is 1.40. The van der Waals surface area contributed by atoms with Crippen LogP contribution in [-0.4, -0.2) is 30.9 Å². The van der Waals surface area contributed by atoms with Crippen LogP contribution in [0, 0.1) is 12.3 Å². The molecule has 0 bridgehead atoms. The average molecular weight is 287 g/mol. The standard InChI is InChI=1S/C15H17N3O3/c1-4-7-16-10-15-17-14(18-21-15)9-11-5-6-12(19-2)13(8-11)20-3/h1,5-6,8,16H,7,9-10H2,2-3H3. The summed E-state index contributed by atoms with van der Waals surface area (Å²) in [5, 5.41) is 6.93. The summed E-state index contributed by atoms with van der Waals surface area (Å²) in [6.07, 6.45) is 5.70. The molecular formula is C15H17N3O3. The van der Waals surface area contributed by atoms with Crippen LogP contribution in [0.15, 0.2) is 22.7 Å². The number of hydrogen-bond donors (Lipinski definition) is 1. The third-order valence-electron chi connectivity index (χ3n) is 2.82. The molecule has 2 aromatic rings. The first-order valence-corrected chi connectivity index (χ1v) is 6.43. The van der Waals surface area contributed by atoms with Gasteiger partial charge in [-0.05, 0) is 17.7 Å². The molecular weight excluding hydrogens is 270 g/mol. The van der Waals surface area contributed by atoms with Gasteiger partial charge in [0, 0.05) is 6.42 Å². The van der Waals surface area contributed by atoms with Gasteiger partial charge in [-0.25, -0.2) is 0 Å². The fourth-order valence-electron chi connectivity index (χ4n) is 1.85. The highest BCUT2D eigenvalue weighted by Crippen LogP contribution is 2.28. The maximum Gasteiger partial charge on any atom is 0.240 e. The molecule has 6 heteroatoms. The zero-order chi connectivity index (χ0) is 15.1. The van der Waals surface area contributed by atoms with E-state index in [9.17, 15) is 0 Å². The molecule has 0 aliphatic rings. The van der Waals surface area contributed by atoms with Crippen molar-refractivity contribution in [2.75, 3.05) is 20.8 Å². The lowest BCUT2D eigenvalue weighted by Gasteiger charge is -2.08. The molecule has 0 aliphatic heterocycles. The van der Waals surface area contributed by atoms with Crippen molar-refractivity contribution in [1.82, 2.24) is 15.5 Å². The number of nitrogens with one attached hydrogen (secondary N) is 1. The van der Waals surface area contributed by atoms with Crippen LogP contribution in [0.1, 0.15) is 17.3 Å². The Balaban J connectivity index is 2.03. The van der Waals surface area contributed by atoms with E-state index in [1.54, 1.807) is 14.2 Å². The number of benzene rings is 1. The highest BCUT2D eigenvalue weighted by Gasteiger charge is 2.09. The summed E-state index contributed by atoms with van der Waals surface area (Å²) in [5.74, 6) is 4.97. The van der Waals surface area contributed by atoms with Gasteiger partial charge in [-0.1, -0.05) is 17.1 Å². The molecule has 1 N–H and O–H groups in total. The van der Waals surface area contributed by atoms with Gasteiger partial charge in [0.2, 0.25) is 5.89 Å². The first kappa shape index (κ1) is 14.9. The summed E-state index contributed by atoms with van der Waals surface area (Å²) in [7, 11) is 3.21. The van der Waals surface area contributed by atoms with E-state index in [2.05, 4.69) is 21.4 Å². The minimum absolute atomic E-state index is 0.461. The Morgan fingerprint density at radius 1 is 1.29 bits per heavy atom. The summed E-state index contributed by atoms with van der Waals surface area (Å²) in [5.41, 5.74) is 1.01. The Morgan fingerprint density at radius 3 is 2.81 bits per heavy atom. The summed E-state index contributed by atoms with van der Waals surface area (Å²) < 4.78 is 15.6. The fourth-order valence-corrected chi connectivity index (χ4v) is 1.85. The topological polar surface area (TPSA) is 69.4 Å². The lowest BCUT2D eigenvalue weighted by molar-refractivity contribution is 0.354. The Morgan fingerprint density at radius 2 is 2.10 bits per heavy atom. The quantitative estimate of drug-likeness (QED) is 0.613.